The standard InChI is InChI=1S/C18H22BrNO/c1-4-7-20-12-15-5-6-16(19)11-18(15)21-17-9-13(2)8-14(3)10-17/h5-6,8-11,20H,4,7,12H2,1-3H3. The van der Waals surface area contributed by atoms with Crippen molar-refractivity contribution in [3.8, 4) is 11.5 Å². The van der Waals surface area contributed by atoms with Crippen molar-refractivity contribution in [3.05, 3.63) is 57.6 Å². The molecule has 0 heterocycles. The van der Waals surface area contributed by atoms with E-state index in [1.165, 1.54) is 16.7 Å². The number of hydrogen-bond donors (Lipinski definition) is 1. The first-order valence-corrected chi connectivity index (χ1v) is 8.13. The van der Waals surface area contributed by atoms with Crippen molar-refractivity contribution in [3.63, 3.8) is 0 Å². The van der Waals surface area contributed by atoms with Gasteiger partial charge in [-0.2, -0.15) is 0 Å². The second kappa shape index (κ2) is 7.62. The average Bonchev–Trinajstić information content (AvgIpc) is 2.40. The van der Waals surface area contributed by atoms with Crippen molar-refractivity contribution in [1.82, 2.24) is 5.32 Å². The molecule has 0 fully saturated rings. The Kier molecular flexibility index (Phi) is 5.83. The van der Waals surface area contributed by atoms with E-state index >= 15 is 0 Å². The Hall–Kier alpha value is -1.32. The molecule has 0 radical (unpaired) electrons. The monoisotopic (exact) mass is 347 g/mol. The van der Waals surface area contributed by atoms with Gasteiger partial charge in [-0.3, -0.25) is 0 Å². The maximum atomic E-state index is 6.11. The lowest BCUT2D eigenvalue weighted by Gasteiger charge is -2.13. The molecule has 0 spiro atoms. The fourth-order valence-electron chi connectivity index (χ4n) is 2.29. The number of nitrogens with one attached hydrogen (secondary N) is 1. The van der Waals surface area contributed by atoms with E-state index in [9.17, 15) is 0 Å². The maximum absolute atomic E-state index is 6.11. The van der Waals surface area contributed by atoms with E-state index in [4.69, 9.17) is 4.74 Å². The fraction of sp³-hybridized carbons (Fsp3) is 0.333. The van der Waals surface area contributed by atoms with Gasteiger partial charge in [-0.1, -0.05) is 35.0 Å². The zero-order chi connectivity index (χ0) is 15.2. The van der Waals surface area contributed by atoms with E-state index in [0.29, 0.717) is 0 Å². The third kappa shape index (κ3) is 4.87. The van der Waals surface area contributed by atoms with Gasteiger partial charge < -0.3 is 10.1 Å². The molecule has 0 amide bonds. The van der Waals surface area contributed by atoms with Crippen molar-refractivity contribution in [2.75, 3.05) is 6.54 Å². The van der Waals surface area contributed by atoms with E-state index in [2.05, 4.69) is 72.3 Å². The van der Waals surface area contributed by atoms with E-state index in [0.717, 1.165) is 35.5 Å². The van der Waals surface area contributed by atoms with Crippen molar-refractivity contribution in [2.45, 2.75) is 33.7 Å². The molecule has 2 aromatic carbocycles. The van der Waals surface area contributed by atoms with Gasteiger partial charge in [0.2, 0.25) is 0 Å². The molecular formula is C18H22BrNO. The molecular weight excluding hydrogens is 326 g/mol. The normalized spacial score (nSPS) is 10.7. The van der Waals surface area contributed by atoms with Crippen LogP contribution in [0.2, 0.25) is 0 Å². The zero-order valence-corrected chi connectivity index (χ0v) is 14.5. The zero-order valence-electron chi connectivity index (χ0n) is 12.9. The number of ether oxygens (including phenoxy) is 1. The Balaban J connectivity index is 2.22. The summed E-state index contributed by atoms with van der Waals surface area (Å²) in [6, 6.07) is 12.5. The van der Waals surface area contributed by atoms with Crippen LogP contribution in [0, 0.1) is 13.8 Å². The van der Waals surface area contributed by atoms with Gasteiger partial charge in [0, 0.05) is 16.6 Å². The van der Waals surface area contributed by atoms with Gasteiger partial charge >= 0.3 is 0 Å². The quantitative estimate of drug-likeness (QED) is 0.710. The minimum atomic E-state index is 0.821. The Bertz CT molecular complexity index is 590. The maximum Gasteiger partial charge on any atom is 0.133 e. The summed E-state index contributed by atoms with van der Waals surface area (Å²) in [5.74, 6) is 1.79. The highest BCUT2D eigenvalue weighted by Crippen LogP contribution is 2.29. The Labute approximate surface area is 135 Å². The topological polar surface area (TPSA) is 21.3 Å². The third-order valence-electron chi connectivity index (χ3n) is 3.19. The molecule has 0 aliphatic carbocycles. The average molecular weight is 348 g/mol. The molecule has 0 unspecified atom stereocenters. The second-order valence-electron chi connectivity index (χ2n) is 5.35. The van der Waals surface area contributed by atoms with Crippen LogP contribution in [-0.4, -0.2) is 6.54 Å². The molecule has 0 aromatic heterocycles. The van der Waals surface area contributed by atoms with Crippen molar-refractivity contribution in [2.24, 2.45) is 0 Å². The molecule has 2 rings (SSSR count). The molecule has 21 heavy (non-hydrogen) atoms. The highest BCUT2D eigenvalue weighted by Gasteiger charge is 2.07. The molecule has 0 aliphatic rings. The van der Waals surface area contributed by atoms with Gasteiger partial charge in [0.05, 0.1) is 0 Å². The van der Waals surface area contributed by atoms with E-state index in [1.54, 1.807) is 0 Å². The molecule has 0 saturated heterocycles. The molecule has 0 atom stereocenters. The summed E-state index contributed by atoms with van der Waals surface area (Å²) in [7, 11) is 0. The fourth-order valence-corrected chi connectivity index (χ4v) is 2.63. The number of benzene rings is 2. The first-order chi connectivity index (χ1) is 10.1. The highest BCUT2D eigenvalue weighted by atomic mass is 79.9. The van der Waals surface area contributed by atoms with Crippen molar-refractivity contribution >= 4 is 15.9 Å². The Morgan fingerprint density at radius 1 is 1.05 bits per heavy atom. The molecule has 2 nitrogen and oxygen atoms in total. The lowest BCUT2D eigenvalue weighted by atomic mass is 10.1. The minimum absolute atomic E-state index is 0.821. The van der Waals surface area contributed by atoms with Crippen LogP contribution in [0.15, 0.2) is 40.9 Å². The SMILES string of the molecule is CCCNCc1ccc(Br)cc1Oc1cc(C)cc(C)c1. The Morgan fingerprint density at radius 3 is 2.43 bits per heavy atom. The number of halogens is 1. The van der Waals surface area contributed by atoms with E-state index in [-0.39, 0.29) is 0 Å². The van der Waals surface area contributed by atoms with Crippen LogP contribution in [0.25, 0.3) is 0 Å². The molecule has 0 saturated carbocycles. The predicted octanol–water partition coefficient (Wildman–Crippen LogP) is 5.36. The van der Waals surface area contributed by atoms with Crippen LogP contribution in [0.1, 0.15) is 30.0 Å². The van der Waals surface area contributed by atoms with Crippen LogP contribution in [0.4, 0.5) is 0 Å². The Morgan fingerprint density at radius 2 is 1.76 bits per heavy atom. The molecule has 0 aliphatic heterocycles. The van der Waals surface area contributed by atoms with Gasteiger partial charge in [0.1, 0.15) is 11.5 Å². The highest BCUT2D eigenvalue weighted by molar-refractivity contribution is 9.10. The van der Waals surface area contributed by atoms with Crippen molar-refractivity contribution in [1.29, 1.82) is 0 Å². The van der Waals surface area contributed by atoms with Crippen LogP contribution < -0.4 is 10.1 Å². The van der Waals surface area contributed by atoms with E-state index < -0.39 is 0 Å². The molecule has 112 valence electrons. The molecule has 2 aromatic rings. The summed E-state index contributed by atoms with van der Waals surface area (Å²) in [5, 5.41) is 3.42. The summed E-state index contributed by atoms with van der Waals surface area (Å²) in [6.07, 6.45) is 1.13. The smallest absolute Gasteiger partial charge is 0.133 e. The lowest BCUT2D eigenvalue weighted by Crippen LogP contribution is -2.14. The van der Waals surface area contributed by atoms with Gasteiger partial charge in [-0.15, -0.1) is 0 Å². The molecule has 1 N–H and O–H groups in total. The lowest BCUT2D eigenvalue weighted by molar-refractivity contribution is 0.471. The number of aryl methyl sites for hydroxylation is 2. The second-order valence-corrected chi connectivity index (χ2v) is 6.27. The molecule has 3 heteroatoms. The number of hydrogen-bond acceptors (Lipinski definition) is 2. The summed E-state index contributed by atoms with van der Waals surface area (Å²) < 4.78 is 7.14. The van der Waals surface area contributed by atoms with Crippen LogP contribution >= 0.6 is 15.9 Å². The largest absolute Gasteiger partial charge is 0.457 e. The summed E-state index contributed by atoms with van der Waals surface area (Å²) >= 11 is 3.52. The van der Waals surface area contributed by atoms with Gasteiger partial charge in [-0.25, -0.2) is 0 Å². The van der Waals surface area contributed by atoms with Gasteiger partial charge in [0.25, 0.3) is 0 Å². The first kappa shape index (κ1) is 16.1. The van der Waals surface area contributed by atoms with Crippen LogP contribution in [0.3, 0.4) is 0 Å². The van der Waals surface area contributed by atoms with Gasteiger partial charge in [-0.05, 0) is 62.2 Å². The van der Waals surface area contributed by atoms with Crippen LogP contribution in [0.5, 0.6) is 11.5 Å². The van der Waals surface area contributed by atoms with Crippen LogP contribution in [-0.2, 0) is 6.54 Å². The van der Waals surface area contributed by atoms with E-state index in [1.807, 2.05) is 6.07 Å². The minimum Gasteiger partial charge on any atom is -0.457 e. The summed E-state index contributed by atoms with van der Waals surface area (Å²) in [4.78, 5) is 0. The third-order valence-corrected chi connectivity index (χ3v) is 3.69. The van der Waals surface area contributed by atoms with Crippen molar-refractivity contribution < 1.29 is 4.74 Å². The molecule has 0 bridgehead atoms. The predicted molar refractivity (Wildman–Crippen MR) is 92.1 cm³/mol. The summed E-state index contributed by atoms with van der Waals surface area (Å²) in [6.45, 7) is 8.18. The van der Waals surface area contributed by atoms with Gasteiger partial charge in [0.15, 0.2) is 0 Å². The first-order valence-electron chi connectivity index (χ1n) is 7.34. The summed E-state index contributed by atoms with van der Waals surface area (Å²) in [5.41, 5.74) is 3.60. The number of rotatable bonds is 6.